The SMILES string of the molecule is C[C@@H](NS(=O)(=O)c1ccc(F)cc1)C(=O)Nc1ccc(F)c(Cl)c1. The molecule has 2 aromatic rings. The van der Waals surface area contributed by atoms with Crippen molar-refractivity contribution < 1.29 is 22.0 Å². The number of benzene rings is 2. The van der Waals surface area contributed by atoms with Crippen molar-refractivity contribution in [3.8, 4) is 0 Å². The van der Waals surface area contributed by atoms with Gasteiger partial charge in [-0.2, -0.15) is 4.72 Å². The molecule has 0 aliphatic rings. The average molecular weight is 375 g/mol. The van der Waals surface area contributed by atoms with Gasteiger partial charge in [-0.25, -0.2) is 17.2 Å². The summed E-state index contributed by atoms with van der Waals surface area (Å²) in [6.07, 6.45) is 0. The van der Waals surface area contributed by atoms with E-state index in [4.69, 9.17) is 11.6 Å². The van der Waals surface area contributed by atoms with Gasteiger partial charge in [-0.05, 0) is 49.4 Å². The van der Waals surface area contributed by atoms with Crippen LogP contribution in [0.25, 0.3) is 0 Å². The average Bonchev–Trinajstić information content (AvgIpc) is 2.51. The lowest BCUT2D eigenvalue weighted by molar-refractivity contribution is -0.117. The minimum Gasteiger partial charge on any atom is -0.325 e. The number of amides is 1. The van der Waals surface area contributed by atoms with Gasteiger partial charge in [-0.3, -0.25) is 4.79 Å². The highest BCUT2D eigenvalue weighted by Crippen LogP contribution is 2.19. The molecule has 0 bridgehead atoms. The maximum absolute atomic E-state index is 13.1. The molecule has 0 aromatic heterocycles. The molecule has 0 heterocycles. The summed E-state index contributed by atoms with van der Waals surface area (Å²) in [7, 11) is -3.99. The minimum absolute atomic E-state index is 0.173. The summed E-state index contributed by atoms with van der Waals surface area (Å²) in [5, 5.41) is 2.24. The number of anilines is 1. The molecule has 0 fully saturated rings. The van der Waals surface area contributed by atoms with Gasteiger partial charge in [0, 0.05) is 5.69 Å². The second kappa shape index (κ2) is 7.25. The first-order chi connectivity index (χ1) is 11.2. The quantitative estimate of drug-likeness (QED) is 0.845. The fraction of sp³-hybridized carbons (Fsp3) is 0.133. The normalized spacial score (nSPS) is 12.7. The number of hydrogen-bond donors (Lipinski definition) is 2. The third-order valence-corrected chi connectivity index (χ3v) is 4.88. The summed E-state index contributed by atoms with van der Waals surface area (Å²) in [4.78, 5) is 11.9. The van der Waals surface area contributed by atoms with Crippen LogP contribution in [0.1, 0.15) is 6.92 Å². The lowest BCUT2D eigenvalue weighted by Crippen LogP contribution is -2.41. The van der Waals surface area contributed by atoms with Crippen LogP contribution in [0.4, 0.5) is 14.5 Å². The smallest absolute Gasteiger partial charge is 0.242 e. The molecule has 1 amide bonds. The first kappa shape index (κ1) is 18.3. The monoisotopic (exact) mass is 374 g/mol. The zero-order chi connectivity index (χ0) is 17.9. The summed E-state index contributed by atoms with van der Waals surface area (Å²) in [6, 6.07) is 6.62. The van der Waals surface area contributed by atoms with Gasteiger partial charge in [0.2, 0.25) is 15.9 Å². The van der Waals surface area contributed by atoms with E-state index in [1.54, 1.807) is 0 Å². The Hall–Kier alpha value is -2.03. The van der Waals surface area contributed by atoms with Crippen LogP contribution in [0.2, 0.25) is 5.02 Å². The van der Waals surface area contributed by atoms with Crippen LogP contribution in [0.5, 0.6) is 0 Å². The molecule has 24 heavy (non-hydrogen) atoms. The molecule has 5 nitrogen and oxygen atoms in total. The zero-order valence-electron chi connectivity index (χ0n) is 12.4. The molecule has 0 unspecified atom stereocenters. The fourth-order valence-electron chi connectivity index (χ4n) is 1.79. The molecule has 0 saturated carbocycles. The molecule has 128 valence electrons. The van der Waals surface area contributed by atoms with Crippen molar-refractivity contribution in [2.75, 3.05) is 5.32 Å². The summed E-state index contributed by atoms with van der Waals surface area (Å²) in [5.74, 6) is -1.88. The van der Waals surface area contributed by atoms with E-state index >= 15 is 0 Å². The minimum atomic E-state index is -3.99. The molecule has 0 aliphatic heterocycles. The molecule has 1 atom stereocenters. The molecule has 0 saturated heterocycles. The van der Waals surface area contributed by atoms with Crippen molar-refractivity contribution in [1.29, 1.82) is 0 Å². The lowest BCUT2D eigenvalue weighted by atomic mass is 10.3. The number of rotatable bonds is 5. The van der Waals surface area contributed by atoms with Gasteiger partial charge in [0.1, 0.15) is 11.6 Å². The van der Waals surface area contributed by atoms with E-state index in [-0.39, 0.29) is 15.6 Å². The van der Waals surface area contributed by atoms with Crippen molar-refractivity contribution in [1.82, 2.24) is 4.72 Å². The Labute approximate surface area is 142 Å². The predicted molar refractivity (Wildman–Crippen MR) is 86.2 cm³/mol. The third-order valence-electron chi connectivity index (χ3n) is 3.04. The van der Waals surface area contributed by atoms with Gasteiger partial charge in [0.25, 0.3) is 0 Å². The maximum atomic E-state index is 13.1. The van der Waals surface area contributed by atoms with E-state index < -0.39 is 33.6 Å². The molecule has 2 N–H and O–H groups in total. The molecular formula is C15H13ClF2N2O3S. The molecular weight excluding hydrogens is 362 g/mol. The molecule has 0 spiro atoms. The Morgan fingerprint density at radius 2 is 1.75 bits per heavy atom. The first-order valence-corrected chi connectivity index (χ1v) is 8.59. The van der Waals surface area contributed by atoms with Gasteiger partial charge in [0.15, 0.2) is 0 Å². The van der Waals surface area contributed by atoms with E-state index in [0.29, 0.717) is 0 Å². The summed E-state index contributed by atoms with van der Waals surface area (Å²) < 4.78 is 52.3. The number of nitrogens with one attached hydrogen (secondary N) is 2. The zero-order valence-corrected chi connectivity index (χ0v) is 14.0. The molecule has 2 aromatic carbocycles. The van der Waals surface area contributed by atoms with Gasteiger partial charge in [-0.15, -0.1) is 0 Å². The number of sulfonamides is 1. The summed E-state index contributed by atoms with van der Waals surface area (Å²) >= 11 is 5.61. The van der Waals surface area contributed by atoms with E-state index in [2.05, 4.69) is 10.0 Å². The van der Waals surface area contributed by atoms with Crippen LogP contribution in [0.3, 0.4) is 0 Å². The van der Waals surface area contributed by atoms with Crippen molar-refractivity contribution in [2.24, 2.45) is 0 Å². The highest BCUT2D eigenvalue weighted by molar-refractivity contribution is 7.89. The summed E-state index contributed by atoms with van der Waals surface area (Å²) in [6.45, 7) is 1.33. The van der Waals surface area contributed by atoms with Crippen molar-refractivity contribution in [2.45, 2.75) is 17.9 Å². The van der Waals surface area contributed by atoms with Gasteiger partial charge in [-0.1, -0.05) is 11.6 Å². The van der Waals surface area contributed by atoms with Gasteiger partial charge >= 0.3 is 0 Å². The topological polar surface area (TPSA) is 75.3 Å². The van der Waals surface area contributed by atoms with Crippen LogP contribution < -0.4 is 10.0 Å². The van der Waals surface area contributed by atoms with Crippen molar-refractivity contribution >= 4 is 33.2 Å². The second-order valence-electron chi connectivity index (χ2n) is 4.92. The Morgan fingerprint density at radius 1 is 1.12 bits per heavy atom. The van der Waals surface area contributed by atoms with Crippen LogP contribution >= 0.6 is 11.6 Å². The molecule has 2 rings (SSSR count). The van der Waals surface area contributed by atoms with Crippen LogP contribution in [0, 0.1) is 11.6 Å². The number of halogens is 3. The number of carbonyl (C=O) groups is 1. The van der Waals surface area contributed by atoms with Gasteiger partial charge < -0.3 is 5.32 Å². The van der Waals surface area contributed by atoms with Crippen LogP contribution in [-0.2, 0) is 14.8 Å². The third kappa shape index (κ3) is 4.50. The highest BCUT2D eigenvalue weighted by Gasteiger charge is 2.22. The highest BCUT2D eigenvalue weighted by atomic mass is 35.5. The van der Waals surface area contributed by atoms with E-state index in [1.807, 2.05) is 0 Å². The molecule has 0 radical (unpaired) electrons. The Morgan fingerprint density at radius 3 is 2.33 bits per heavy atom. The van der Waals surface area contributed by atoms with Crippen molar-refractivity contribution in [3.63, 3.8) is 0 Å². The predicted octanol–water partition coefficient (Wildman–Crippen LogP) is 2.92. The maximum Gasteiger partial charge on any atom is 0.242 e. The largest absolute Gasteiger partial charge is 0.325 e. The number of hydrogen-bond acceptors (Lipinski definition) is 3. The lowest BCUT2D eigenvalue weighted by Gasteiger charge is -2.14. The standard InChI is InChI=1S/C15H13ClF2N2O3S/c1-9(15(21)19-11-4-7-14(18)13(16)8-11)20-24(22,23)12-5-2-10(17)3-6-12/h2-9,20H,1H3,(H,19,21)/t9-/m1/s1. The molecule has 9 heteroatoms. The van der Waals surface area contributed by atoms with Gasteiger partial charge in [0.05, 0.1) is 16.0 Å². The van der Waals surface area contributed by atoms with E-state index in [1.165, 1.54) is 19.1 Å². The first-order valence-electron chi connectivity index (χ1n) is 6.73. The van der Waals surface area contributed by atoms with E-state index in [0.717, 1.165) is 30.3 Å². The summed E-state index contributed by atoms with van der Waals surface area (Å²) in [5.41, 5.74) is 0.222. The van der Waals surface area contributed by atoms with E-state index in [9.17, 15) is 22.0 Å². The number of carbonyl (C=O) groups excluding carboxylic acids is 1. The second-order valence-corrected chi connectivity index (χ2v) is 7.04. The Balaban J connectivity index is 2.07. The fourth-order valence-corrected chi connectivity index (χ4v) is 3.18. The Bertz CT molecular complexity index is 858. The Kier molecular flexibility index (Phi) is 5.53. The molecule has 0 aliphatic carbocycles. The van der Waals surface area contributed by atoms with Crippen LogP contribution in [0.15, 0.2) is 47.4 Å². The van der Waals surface area contributed by atoms with Crippen molar-refractivity contribution in [3.05, 3.63) is 59.1 Å². The van der Waals surface area contributed by atoms with Crippen LogP contribution in [-0.4, -0.2) is 20.4 Å².